The normalized spacial score (nSPS) is 15.5. The molecule has 214 valence electrons. The zero-order valence-corrected chi connectivity index (χ0v) is 23.8. The number of fused-ring (bicyclic) bond motifs is 1. The number of hydrogen-bond acceptors (Lipinski definition) is 6. The molecule has 41 heavy (non-hydrogen) atoms. The molecule has 0 spiro atoms. The van der Waals surface area contributed by atoms with Gasteiger partial charge in [-0.05, 0) is 74.2 Å². The van der Waals surface area contributed by atoms with Gasteiger partial charge in [-0.25, -0.2) is 8.42 Å². The highest BCUT2D eigenvalue weighted by atomic mass is 32.2. The molecule has 1 unspecified atom stereocenters. The van der Waals surface area contributed by atoms with E-state index in [1.54, 1.807) is 59.8 Å². The summed E-state index contributed by atoms with van der Waals surface area (Å²) in [4.78, 5) is 22.3. The van der Waals surface area contributed by atoms with Gasteiger partial charge in [0.2, 0.25) is 15.9 Å². The number of pyridine rings is 1. The SMILES string of the molecule is O=C(C(Cc1ccc(O)cc1)NS(=O)(=O)c1cccc2cnccc12)N1CCCN(CCCc2ccccc2)CC1. The van der Waals surface area contributed by atoms with Gasteiger partial charge in [0.1, 0.15) is 11.8 Å². The molecule has 8 nitrogen and oxygen atoms in total. The molecular formula is C32H36N4O4S. The van der Waals surface area contributed by atoms with E-state index >= 15 is 0 Å². The molecule has 0 radical (unpaired) electrons. The number of phenolic OH excluding ortho intramolecular Hbond substituents is 1. The third kappa shape index (κ3) is 7.49. The maximum absolute atomic E-state index is 13.9. The van der Waals surface area contributed by atoms with Crippen LogP contribution < -0.4 is 4.72 Å². The second-order valence-corrected chi connectivity index (χ2v) is 12.2. The first-order valence-corrected chi connectivity index (χ1v) is 15.6. The van der Waals surface area contributed by atoms with Crippen LogP contribution in [0.1, 0.15) is 24.0 Å². The summed E-state index contributed by atoms with van der Waals surface area (Å²) in [6.07, 6.45) is 6.23. The predicted octanol–water partition coefficient (Wildman–Crippen LogP) is 4.00. The molecule has 2 N–H and O–H groups in total. The van der Waals surface area contributed by atoms with Crippen LogP contribution in [0.15, 0.2) is 96.2 Å². The summed E-state index contributed by atoms with van der Waals surface area (Å²) < 4.78 is 30.1. The van der Waals surface area contributed by atoms with Gasteiger partial charge in [0.05, 0.1) is 4.90 Å². The van der Waals surface area contributed by atoms with E-state index in [1.165, 1.54) is 5.56 Å². The van der Waals surface area contributed by atoms with E-state index in [9.17, 15) is 18.3 Å². The van der Waals surface area contributed by atoms with Crippen molar-refractivity contribution >= 4 is 26.7 Å². The van der Waals surface area contributed by atoms with E-state index in [4.69, 9.17) is 0 Å². The molecule has 1 aliphatic rings. The van der Waals surface area contributed by atoms with Crippen molar-refractivity contribution in [3.05, 3.63) is 102 Å². The standard InChI is InChI=1S/C32H36N4O4S/c37-28-14-12-26(13-15-28)23-30(34-41(39,40)31-11-4-10-27-24-33-17-16-29(27)31)32(38)36-20-6-19-35(21-22-36)18-5-9-25-7-2-1-3-8-25/h1-4,7-8,10-17,24,30,34,37H,5-6,9,18-23H2. The smallest absolute Gasteiger partial charge is 0.241 e. The van der Waals surface area contributed by atoms with E-state index in [-0.39, 0.29) is 23.0 Å². The number of benzene rings is 3. The van der Waals surface area contributed by atoms with Crippen LogP contribution in [0.2, 0.25) is 0 Å². The van der Waals surface area contributed by atoms with Gasteiger partial charge in [0, 0.05) is 42.8 Å². The van der Waals surface area contributed by atoms with Crippen LogP contribution in [-0.4, -0.2) is 73.0 Å². The topological polar surface area (TPSA) is 103 Å². The molecule has 1 fully saturated rings. The second-order valence-electron chi connectivity index (χ2n) is 10.5. The molecule has 9 heteroatoms. The molecule has 1 amide bonds. The van der Waals surface area contributed by atoms with Crippen LogP contribution in [-0.2, 0) is 27.7 Å². The number of amides is 1. The minimum absolute atomic E-state index is 0.112. The van der Waals surface area contributed by atoms with Crippen molar-refractivity contribution in [2.45, 2.75) is 36.6 Å². The minimum atomic E-state index is -4.04. The zero-order valence-electron chi connectivity index (χ0n) is 23.0. The number of aryl methyl sites for hydroxylation is 1. The molecule has 1 aliphatic heterocycles. The number of sulfonamides is 1. The van der Waals surface area contributed by atoms with Crippen molar-refractivity contribution in [2.75, 3.05) is 32.7 Å². The van der Waals surface area contributed by atoms with Crippen LogP contribution >= 0.6 is 0 Å². The molecule has 1 saturated heterocycles. The van der Waals surface area contributed by atoms with Gasteiger partial charge in [-0.3, -0.25) is 9.78 Å². The summed E-state index contributed by atoms with van der Waals surface area (Å²) in [6, 6.07) is 22.7. The molecule has 0 saturated carbocycles. The van der Waals surface area contributed by atoms with Crippen molar-refractivity contribution in [2.24, 2.45) is 0 Å². The second kappa shape index (κ2) is 13.2. The van der Waals surface area contributed by atoms with Crippen molar-refractivity contribution in [3.8, 4) is 5.75 Å². The highest BCUT2D eigenvalue weighted by Gasteiger charge is 2.31. The maximum atomic E-state index is 13.9. The number of carbonyl (C=O) groups is 1. The fourth-order valence-electron chi connectivity index (χ4n) is 5.41. The third-order valence-electron chi connectivity index (χ3n) is 7.58. The van der Waals surface area contributed by atoms with Gasteiger partial charge < -0.3 is 14.9 Å². The quantitative estimate of drug-likeness (QED) is 0.298. The summed E-state index contributed by atoms with van der Waals surface area (Å²) in [5.41, 5.74) is 2.08. The van der Waals surface area contributed by atoms with Crippen molar-refractivity contribution in [1.29, 1.82) is 0 Å². The van der Waals surface area contributed by atoms with Gasteiger partial charge in [0.25, 0.3) is 0 Å². The van der Waals surface area contributed by atoms with E-state index in [1.807, 2.05) is 12.1 Å². The van der Waals surface area contributed by atoms with Crippen LogP contribution in [0, 0.1) is 0 Å². The van der Waals surface area contributed by atoms with E-state index in [0.717, 1.165) is 44.5 Å². The predicted molar refractivity (Wildman–Crippen MR) is 160 cm³/mol. The number of phenols is 1. The van der Waals surface area contributed by atoms with Crippen LogP contribution in [0.4, 0.5) is 0 Å². The lowest BCUT2D eigenvalue weighted by atomic mass is 10.1. The van der Waals surface area contributed by atoms with Gasteiger partial charge >= 0.3 is 0 Å². The monoisotopic (exact) mass is 572 g/mol. The van der Waals surface area contributed by atoms with Gasteiger partial charge in [-0.2, -0.15) is 4.72 Å². The largest absolute Gasteiger partial charge is 0.508 e. The Hall–Kier alpha value is -3.79. The summed E-state index contributed by atoms with van der Waals surface area (Å²) in [5.74, 6) is -0.129. The molecule has 0 aliphatic carbocycles. The number of carbonyl (C=O) groups excluding carboxylic acids is 1. The number of aromatic nitrogens is 1. The highest BCUT2D eigenvalue weighted by Crippen LogP contribution is 2.23. The Morgan fingerprint density at radius 2 is 1.71 bits per heavy atom. The van der Waals surface area contributed by atoms with Gasteiger partial charge in [0.15, 0.2) is 0 Å². The average molecular weight is 573 g/mol. The number of hydrogen-bond donors (Lipinski definition) is 2. The summed E-state index contributed by atoms with van der Waals surface area (Å²) in [5, 5.41) is 11.0. The first-order valence-electron chi connectivity index (χ1n) is 14.1. The number of aromatic hydroxyl groups is 1. The molecule has 4 aromatic rings. The minimum Gasteiger partial charge on any atom is -0.508 e. The summed E-state index contributed by atoms with van der Waals surface area (Å²) in [6.45, 7) is 3.71. The summed E-state index contributed by atoms with van der Waals surface area (Å²) >= 11 is 0. The Bertz CT molecular complexity index is 1560. The molecule has 1 atom stereocenters. The molecule has 3 aromatic carbocycles. The van der Waals surface area contributed by atoms with E-state index in [2.05, 4.69) is 38.9 Å². The number of nitrogens with zero attached hydrogens (tertiary/aromatic N) is 3. The Labute approximate surface area is 241 Å². The summed E-state index contributed by atoms with van der Waals surface area (Å²) in [7, 11) is -4.04. The lowest BCUT2D eigenvalue weighted by Crippen LogP contribution is -2.50. The van der Waals surface area contributed by atoms with E-state index in [0.29, 0.717) is 23.9 Å². The lowest BCUT2D eigenvalue weighted by Gasteiger charge is -2.27. The molecule has 2 heterocycles. The highest BCUT2D eigenvalue weighted by molar-refractivity contribution is 7.89. The molecular weight excluding hydrogens is 536 g/mol. The van der Waals surface area contributed by atoms with Crippen molar-refractivity contribution in [1.82, 2.24) is 19.5 Å². The van der Waals surface area contributed by atoms with Crippen LogP contribution in [0.25, 0.3) is 10.8 Å². The first kappa shape index (κ1) is 28.7. The maximum Gasteiger partial charge on any atom is 0.241 e. The molecule has 0 bridgehead atoms. The Balaban J connectivity index is 1.30. The number of nitrogens with one attached hydrogen (secondary N) is 1. The first-order chi connectivity index (χ1) is 19.9. The Kier molecular flexibility index (Phi) is 9.28. The van der Waals surface area contributed by atoms with Crippen LogP contribution in [0.3, 0.4) is 0 Å². The number of rotatable bonds is 10. The molecule has 1 aromatic heterocycles. The lowest BCUT2D eigenvalue weighted by molar-refractivity contribution is -0.132. The average Bonchev–Trinajstić information content (AvgIpc) is 3.23. The van der Waals surface area contributed by atoms with Gasteiger partial charge in [-0.1, -0.05) is 54.6 Å². The zero-order chi connectivity index (χ0) is 28.7. The fourth-order valence-corrected chi connectivity index (χ4v) is 6.83. The van der Waals surface area contributed by atoms with Gasteiger partial charge in [-0.15, -0.1) is 0 Å². The molecule has 5 rings (SSSR count). The Morgan fingerprint density at radius 3 is 2.51 bits per heavy atom. The van der Waals surface area contributed by atoms with Crippen molar-refractivity contribution < 1.29 is 18.3 Å². The Morgan fingerprint density at radius 1 is 0.902 bits per heavy atom. The van der Waals surface area contributed by atoms with Crippen LogP contribution in [0.5, 0.6) is 5.75 Å². The van der Waals surface area contributed by atoms with E-state index < -0.39 is 16.1 Å². The fraction of sp³-hybridized carbons (Fsp3) is 0.312. The third-order valence-corrected chi connectivity index (χ3v) is 9.11. The van der Waals surface area contributed by atoms with Crippen molar-refractivity contribution in [3.63, 3.8) is 0 Å².